The lowest BCUT2D eigenvalue weighted by Crippen LogP contribution is -2.49. The minimum absolute atomic E-state index is 0.107. The molecule has 120 valence electrons. The van der Waals surface area contributed by atoms with E-state index in [1.807, 2.05) is 0 Å². The van der Waals surface area contributed by atoms with Gasteiger partial charge in [0.25, 0.3) is 0 Å². The summed E-state index contributed by atoms with van der Waals surface area (Å²) in [5.41, 5.74) is 9.14. The Balaban J connectivity index is 1.79. The van der Waals surface area contributed by atoms with E-state index >= 15 is 0 Å². The SMILES string of the molecule is C=C(NCC1CC1)c1ccc2c(n1)N(C)[C@@](C)(CCN)CC2. The second-order valence-corrected chi connectivity index (χ2v) is 7.08. The second-order valence-electron chi connectivity index (χ2n) is 7.08. The molecule has 0 spiro atoms. The highest BCUT2D eigenvalue weighted by molar-refractivity contribution is 5.63. The van der Waals surface area contributed by atoms with E-state index in [2.05, 4.69) is 42.9 Å². The van der Waals surface area contributed by atoms with Crippen LogP contribution in [0.15, 0.2) is 18.7 Å². The molecule has 1 aliphatic carbocycles. The van der Waals surface area contributed by atoms with Crippen LogP contribution in [-0.4, -0.2) is 30.7 Å². The molecule has 1 aliphatic heterocycles. The monoisotopic (exact) mass is 300 g/mol. The van der Waals surface area contributed by atoms with Crippen molar-refractivity contribution in [3.63, 3.8) is 0 Å². The molecule has 0 saturated heterocycles. The van der Waals surface area contributed by atoms with Crippen molar-refractivity contribution >= 4 is 11.5 Å². The van der Waals surface area contributed by atoms with Crippen molar-refractivity contribution in [2.24, 2.45) is 11.7 Å². The van der Waals surface area contributed by atoms with E-state index in [1.54, 1.807) is 0 Å². The molecule has 1 saturated carbocycles. The molecular weight excluding hydrogens is 272 g/mol. The molecule has 1 aromatic rings. The lowest BCUT2D eigenvalue weighted by molar-refractivity contribution is 0.369. The van der Waals surface area contributed by atoms with Gasteiger partial charge in [0.05, 0.1) is 11.4 Å². The van der Waals surface area contributed by atoms with Gasteiger partial charge in [0, 0.05) is 19.1 Å². The van der Waals surface area contributed by atoms with Gasteiger partial charge in [-0.2, -0.15) is 0 Å². The Morgan fingerprint density at radius 2 is 2.27 bits per heavy atom. The number of nitrogens with one attached hydrogen (secondary N) is 1. The van der Waals surface area contributed by atoms with Crippen LogP contribution >= 0.6 is 0 Å². The number of pyridine rings is 1. The first kappa shape index (κ1) is 15.3. The van der Waals surface area contributed by atoms with Crippen LogP contribution in [0, 0.1) is 5.92 Å². The Hall–Kier alpha value is -1.55. The number of hydrogen-bond donors (Lipinski definition) is 2. The quantitative estimate of drug-likeness (QED) is 0.848. The van der Waals surface area contributed by atoms with Crippen molar-refractivity contribution in [1.29, 1.82) is 0 Å². The molecule has 0 radical (unpaired) electrons. The van der Waals surface area contributed by atoms with Crippen LogP contribution in [0.4, 0.5) is 5.82 Å². The van der Waals surface area contributed by atoms with Crippen LogP contribution in [-0.2, 0) is 6.42 Å². The molecule has 0 bridgehead atoms. The van der Waals surface area contributed by atoms with E-state index in [0.717, 1.165) is 48.9 Å². The van der Waals surface area contributed by atoms with Gasteiger partial charge in [-0.25, -0.2) is 4.98 Å². The molecule has 22 heavy (non-hydrogen) atoms. The van der Waals surface area contributed by atoms with Gasteiger partial charge in [-0.1, -0.05) is 12.6 Å². The molecule has 3 rings (SSSR count). The molecule has 1 atom stereocenters. The van der Waals surface area contributed by atoms with E-state index in [1.165, 1.54) is 18.4 Å². The fourth-order valence-corrected chi connectivity index (χ4v) is 3.24. The van der Waals surface area contributed by atoms with Crippen LogP contribution in [0.5, 0.6) is 0 Å². The van der Waals surface area contributed by atoms with E-state index < -0.39 is 0 Å². The number of aryl methyl sites for hydroxylation is 1. The Labute approximate surface area is 133 Å². The predicted molar refractivity (Wildman–Crippen MR) is 92.8 cm³/mol. The van der Waals surface area contributed by atoms with Gasteiger partial charge < -0.3 is 16.0 Å². The Morgan fingerprint density at radius 1 is 1.50 bits per heavy atom. The van der Waals surface area contributed by atoms with Gasteiger partial charge >= 0.3 is 0 Å². The zero-order valence-corrected chi connectivity index (χ0v) is 13.9. The number of nitrogens with zero attached hydrogens (tertiary/aromatic N) is 2. The lowest BCUT2D eigenvalue weighted by atomic mass is 9.84. The number of fused-ring (bicyclic) bond motifs is 1. The molecule has 4 nitrogen and oxygen atoms in total. The summed E-state index contributed by atoms with van der Waals surface area (Å²) >= 11 is 0. The summed E-state index contributed by atoms with van der Waals surface area (Å²) < 4.78 is 0. The molecule has 0 unspecified atom stereocenters. The van der Waals surface area contributed by atoms with Gasteiger partial charge in [0.15, 0.2) is 0 Å². The lowest BCUT2D eigenvalue weighted by Gasteiger charge is -2.44. The molecule has 3 N–H and O–H groups in total. The van der Waals surface area contributed by atoms with Crippen molar-refractivity contribution in [3.8, 4) is 0 Å². The maximum Gasteiger partial charge on any atom is 0.132 e. The van der Waals surface area contributed by atoms with E-state index in [-0.39, 0.29) is 5.54 Å². The van der Waals surface area contributed by atoms with Crippen molar-refractivity contribution in [2.45, 2.75) is 44.6 Å². The van der Waals surface area contributed by atoms with Gasteiger partial charge in [0.1, 0.15) is 5.82 Å². The third-order valence-corrected chi connectivity index (χ3v) is 5.31. The molecule has 0 aromatic carbocycles. The summed E-state index contributed by atoms with van der Waals surface area (Å²) in [7, 11) is 2.14. The zero-order chi connectivity index (χ0) is 15.7. The Kier molecular flexibility index (Phi) is 4.13. The van der Waals surface area contributed by atoms with Gasteiger partial charge in [-0.05, 0) is 63.1 Å². The third-order valence-electron chi connectivity index (χ3n) is 5.31. The average Bonchev–Trinajstić information content (AvgIpc) is 3.33. The van der Waals surface area contributed by atoms with Crippen LogP contribution in [0.25, 0.3) is 5.70 Å². The fraction of sp³-hybridized carbons (Fsp3) is 0.611. The van der Waals surface area contributed by atoms with E-state index in [0.29, 0.717) is 6.54 Å². The zero-order valence-electron chi connectivity index (χ0n) is 13.9. The molecule has 4 heteroatoms. The molecule has 1 aromatic heterocycles. The maximum atomic E-state index is 5.81. The summed E-state index contributed by atoms with van der Waals surface area (Å²) in [5, 5.41) is 3.43. The normalized spacial score (nSPS) is 24.0. The van der Waals surface area contributed by atoms with Crippen molar-refractivity contribution in [1.82, 2.24) is 10.3 Å². The maximum absolute atomic E-state index is 5.81. The van der Waals surface area contributed by atoms with Crippen LogP contribution < -0.4 is 16.0 Å². The minimum atomic E-state index is 0.107. The molecule has 0 amide bonds. The van der Waals surface area contributed by atoms with E-state index in [9.17, 15) is 0 Å². The Bertz CT molecular complexity index is 564. The minimum Gasteiger partial charge on any atom is -0.384 e. The smallest absolute Gasteiger partial charge is 0.132 e. The van der Waals surface area contributed by atoms with Crippen molar-refractivity contribution in [2.75, 3.05) is 25.0 Å². The summed E-state index contributed by atoms with van der Waals surface area (Å²) in [5.74, 6) is 1.93. The summed E-state index contributed by atoms with van der Waals surface area (Å²) in [6.07, 6.45) is 5.90. The van der Waals surface area contributed by atoms with Crippen LogP contribution in [0.1, 0.15) is 43.9 Å². The summed E-state index contributed by atoms with van der Waals surface area (Å²) in [6.45, 7) is 8.19. The second kappa shape index (κ2) is 5.92. The molecule has 2 aliphatic rings. The third kappa shape index (κ3) is 2.98. The highest BCUT2D eigenvalue weighted by Crippen LogP contribution is 2.36. The number of anilines is 1. The topological polar surface area (TPSA) is 54.2 Å². The first-order chi connectivity index (χ1) is 10.5. The summed E-state index contributed by atoms with van der Waals surface area (Å²) in [6, 6.07) is 4.31. The largest absolute Gasteiger partial charge is 0.384 e. The van der Waals surface area contributed by atoms with Crippen molar-refractivity contribution in [3.05, 3.63) is 30.0 Å². The number of aromatic nitrogens is 1. The highest BCUT2D eigenvalue weighted by Gasteiger charge is 2.34. The Morgan fingerprint density at radius 3 is 2.95 bits per heavy atom. The highest BCUT2D eigenvalue weighted by atomic mass is 15.2. The number of nitrogens with two attached hydrogens (primary N) is 1. The number of hydrogen-bond acceptors (Lipinski definition) is 4. The number of rotatable bonds is 6. The standard InChI is InChI=1S/C18H28N4/c1-13(20-12-14-4-5-14)16-7-6-15-8-9-18(2,10-11-19)22(3)17(15)21-16/h6-7,14,20H,1,4-5,8-12,19H2,2-3H3/t18-/m1/s1. The summed E-state index contributed by atoms with van der Waals surface area (Å²) in [4.78, 5) is 7.21. The van der Waals surface area contributed by atoms with E-state index in [4.69, 9.17) is 10.7 Å². The first-order valence-electron chi connectivity index (χ1n) is 8.40. The molecule has 1 fully saturated rings. The van der Waals surface area contributed by atoms with Crippen molar-refractivity contribution < 1.29 is 0 Å². The first-order valence-corrected chi connectivity index (χ1v) is 8.40. The van der Waals surface area contributed by atoms with Crippen LogP contribution in [0.2, 0.25) is 0 Å². The van der Waals surface area contributed by atoms with Gasteiger partial charge in [-0.15, -0.1) is 0 Å². The van der Waals surface area contributed by atoms with Crippen LogP contribution in [0.3, 0.4) is 0 Å². The predicted octanol–water partition coefficient (Wildman–Crippen LogP) is 2.54. The molecular formula is C18H28N4. The molecule has 2 heterocycles. The van der Waals surface area contributed by atoms with Gasteiger partial charge in [-0.3, -0.25) is 0 Å². The average molecular weight is 300 g/mol. The van der Waals surface area contributed by atoms with Gasteiger partial charge in [0.2, 0.25) is 0 Å². The fourth-order valence-electron chi connectivity index (χ4n) is 3.24.